The topological polar surface area (TPSA) is 137 Å². The summed E-state index contributed by atoms with van der Waals surface area (Å²) in [6, 6.07) is 4.26. The second-order valence-electron chi connectivity index (χ2n) is 6.62. The van der Waals surface area contributed by atoms with Crippen molar-refractivity contribution < 1.29 is 22.9 Å². The number of nitrogens with one attached hydrogen (secondary N) is 1. The lowest BCUT2D eigenvalue weighted by Crippen LogP contribution is -2.30. The molecule has 164 valence electrons. The molecule has 0 unspecified atom stereocenters. The van der Waals surface area contributed by atoms with E-state index in [9.17, 15) is 23.3 Å². The Hall–Kier alpha value is -2.99. The molecule has 12 heteroatoms. The Labute approximate surface area is 174 Å². The summed E-state index contributed by atoms with van der Waals surface area (Å²) in [4.78, 5) is 22.6. The molecule has 30 heavy (non-hydrogen) atoms. The standard InChI is InChI=1S/C18H25N5O6S/c1-5-22(6-2)30(27,28)15-7-8-17(29-13(3)4)16(9-15)20-18(24)12-21-11-14(10-19-21)23(25)26/h7-11,13H,5-6,12H2,1-4H3,(H,20,24). The molecule has 2 aromatic rings. The summed E-state index contributed by atoms with van der Waals surface area (Å²) in [6.45, 7) is 7.41. The number of nitro groups is 1. The number of anilines is 1. The van der Waals surface area contributed by atoms with Crippen LogP contribution in [0.2, 0.25) is 0 Å². The van der Waals surface area contributed by atoms with Crippen LogP contribution >= 0.6 is 0 Å². The molecule has 0 radical (unpaired) electrons. The Balaban J connectivity index is 2.32. The molecular weight excluding hydrogens is 414 g/mol. The molecule has 0 aliphatic rings. The van der Waals surface area contributed by atoms with Crippen LogP contribution in [0.25, 0.3) is 0 Å². The molecular formula is C18H25N5O6S. The van der Waals surface area contributed by atoms with E-state index in [0.29, 0.717) is 18.8 Å². The van der Waals surface area contributed by atoms with Gasteiger partial charge in [0.25, 0.3) is 0 Å². The van der Waals surface area contributed by atoms with E-state index in [-0.39, 0.29) is 28.9 Å². The molecule has 11 nitrogen and oxygen atoms in total. The Morgan fingerprint density at radius 1 is 1.33 bits per heavy atom. The van der Waals surface area contributed by atoms with E-state index in [0.717, 1.165) is 17.1 Å². The number of ether oxygens (including phenoxy) is 1. The minimum atomic E-state index is -3.74. The zero-order valence-electron chi connectivity index (χ0n) is 17.2. The van der Waals surface area contributed by atoms with E-state index in [1.165, 1.54) is 22.5 Å². The highest BCUT2D eigenvalue weighted by Gasteiger charge is 2.24. The smallest absolute Gasteiger partial charge is 0.307 e. The molecule has 0 aliphatic heterocycles. The quantitative estimate of drug-likeness (QED) is 0.443. The van der Waals surface area contributed by atoms with Gasteiger partial charge in [-0.05, 0) is 32.0 Å². The number of nitrogens with zero attached hydrogens (tertiary/aromatic N) is 4. The van der Waals surface area contributed by atoms with E-state index in [1.807, 2.05) is 0 Å². The summed E-state index contributed by atoms with van der Waals surface area (Å²) < 4.78 is 33.7. The van der Waals surface area contributed by atoms with Crippen LogP contribution in [0.5, 0.6) is 5.75 Å². The summed E-state index contributed by atoms with van der Waals surface area (Å²) in [6.07, 6.45) is 1.96. The molecule has 0 spiro atoms. The number of aromatic nitrogens is 2. The average Bonchev–Trinajstić information content (AvgIpc) is 3.12. The molecule has 0 aliphatic carbocycles. The highest BCUT2D eigenvalue weighted by molar-refractivity contribution is 7.89. The van der Waals surface area contributed by atoms with E-state index in [4.69, 9.17) is 4.74 Å². The number of carbonyl (C=O) groups excluding carboxylic acids is 1. The third-order valence-corrected chi connectivity index (χ3v) is 6.11. The fourth-order valence-corrected chi connectivity index (χ4v) is 4.19. The average molecular weight is 439 g/mol. The number of hydrogen-bond acceptors (Lipinski definition) is 7. The van der Waals surface area contributed by atoms with Gasteiger partial charge in [0.2, 0.25) is 15.9 Å². The van der Waals surface area contributed by atoms with E-state index < -0.39 is 20.9 Å². The first kappa shape index (κ1) is 23.3. The molecule has 1 N–H and O–H groups in total. The first-order valence-electron chi connectivity index (χ1n) is 9.36. The van der Waals surface area contributed by atoms with Crippen molar-refractivity contribution in [2.24, 2.45) is 0 Å². The maximum Gasteiger partial charge on any atom is 0.307 e. The van der Waals surface area contributed by atoms with Gasteiger partial charge in [-0.15, -0.1) is 0 Å². The fourth-order valence-electron chi connectivity index (χ4n) is 2.71. The Bertz CT molecular complexity index is 1010. The van der Waals surface area contributed by atoms with Crippen LogP contribution in [0.3, 0.4) is 0 Å². The molecule has 1 aromatic carbocycles. The normalized spacial score (nSPS) is 11.7. The molecule has 0 saturated carbocycles. The maximum atomic E-state index is 12.8. The summed E-state index contributed by atoms with van der Waals surface area (Å²) in [5.74, 6) is -0.234. The van der Waals surface area contributed by atoms with Gasteiger partial charge in [0.1, 0.15) is 24.7 Å². The zero-order chi connectivity index (χ0) is 22.5. The van der Waals surface area contributed by atoms with Crippen LogP contribution in [0, 0.1) is 10.1 Å². The minimum absolute atomic E-state index is 0.0207. The van der Waals surface area contributed by atoms with Gasteiger partial charge in [0.15, 0.2) is 0 Å². The Morgan fingerprint density at radius 3 is 2.53 bits per heavy atom. The predicted octanol–water partition coefficient (Wildman–Crippen LogP) is 2.25. The molecule has 0 fully saturated rings. The van der Waals surface area contributed by atoms with Crippen LogP contribution < -0.4 is 10.1 Å². The lowest BCUT2D eigenvalue weighted by Gasteiger charge is -2.20. The largest absolute Gasteiger partial charge is 0.489 e. The summed E-state index contributed by atoms with van der Waals surface area (Å²) in [5, 5.41) is 17.1. The number of amides is 1. The van der Waals surface area contributed by atoms with Crippen molar-refractivity contribution in [3.8, 4) is 5.75 Å². The van der Waals surface area contributed by atoms with E-state index in [2.05, 4.69) is 10.4 Å². The SMILES string of the molecule is CCN(CC)S(=O)(=O)c1ccc(OC(C)C)c(NC(=O)Cn2cc([N+](=O)[O-])cn2)c1. The van der Waals surface area contributed by atoms with Crippen molar-refractivity contribution in [3.63, 3.8) is 0 Å². The van der Waals surface area contributed by atoms with Gasteiger partial charge < -0.3 is 10.1 Å². The number of sulfonamides is 1. The third kappa shape index (κ3) is 5.54. The van der Waals surface area contributed by atoms with Crippen LogP contribution in [-0.4, -0.2) is 52.5 Å². The van der Waals surface area contributed by atoms with Crippen molar-refractivity contribution >= 4 is 27.3 Å². The molecule has 1 aromatic heterocycles. The van der Waals surface area contributed by atoms with Crippen LogP contribution in [0.15, 0.2) is 35.5 Å². The Kier molecular flexibility index (Phi) is 7.51. The van der Waals surface area contributed by atoms with Crippen molar-refractivity contribution in [2.75, 3.05) is 18.4 Å². The van der Waals surface area contributed by atoms with Crippen LogP contribution in [0.1, 0.15) is 27.7 Å². The maximum absolute atomic E-state index is 12.8. The summed E-state index contributed by atoms with van der Waals surface area (Å²) in [5.41, 5.74) is -0.0532. The number of rotatable bonds is 10. The minimum Gasteiger partial charge on any atom is -0.489 e. The summed E-state index contributed by atoms with van der Waals surface area (Å²) in [7, 11) is -3.74. The molecule has 1 heterocycles. The number of benzene rings is 1. The van der Waals surface area contributed by atoms with Gasteiger partial charge in [-0.3, -0.25) is 19.6 Å². The second-order valence-corrected chi connectivity index (χ2v) is 8.55. The lowest BCUT2D eigenvalue weighted by atomic mass is 10.2. The van der Waals surface area contributed by atoms with Gasteiger partial charge >= 0.3 is 5.69 Å². The fraction of sp³-hybridized carbons (Fsp3) is 0.444. The molecule has 0 saturated heterocycles. The zero-order valence-corrected chi connectivity index (χ0v) is 18.0. The van der Waals surface area contributed by atoms with Crippen LogP contribution in [-0.2, 0) is 21.4 Å². The molecule has 1 amide bonds. The predicted molar refractivity (Wildman–Crippen MR) is 110 cm³/mol. The van der Waals surface area contributed by atoms with Crippen molar-refractivity contribution in [1.29, 1.82) is 0 Å². The molecule has 0 bridgehead atoms. The van der Waals surface area contributed by atoms with Gasteiger partial charge in [-0.25, -0.2) is 8.42 Å². The third-order valence-electron chi connectivity index (χ3n) is 4.07. The van der Waals surface area contributed by atoms with E-state index >= 15 is 0 Å². The van der Waals surface area contributed by atoms with Gasteiger partial charge in [-0.2, -0.15) is 9.40 Å². The Morgan fingerprint density at radius 2 is 2.00 bits per heavy atom. The number of carbonyl (C=O) groups is 1. The monoisotopic (exact) mass is 439 g/mol. The first-order chi connectivity index (χ1) is 14.1. The van der Waals surface area contributed by atoms with Gasteiger partial charge in [0.05, 0.1) is 21.6 Å². The highest BCUT2D eigenvalue weighted by atomic mass is 32.2. The highest BCUT2D eigenvalue weighted by Crippen LogP contribution is 2.30. The van der Waals surface area contributed by atoms with E-state index in [1.54, 1.807) is 27.7 Å². The lowest BCUT2D eigenvalue weighted by molar-refractivity contribution is -0.385. The molecule has 0 atom stereocenters. The molecule has 2 rings (SSSR count). The second kappa shape index (κ2) is 9.67. The van der Waals surface area contributed by atoms with Gasteiger partial charge in [-0.1, -0.05) is 13.8 Å². The first-order valence-corrected chi connectivity index (χ1v) is 10.8. The van der Waals surface area contributed by atoms with Crippen molar-refractivity contribution in [2.45, 2.75) is 45.2 Å². The number of hydrogen-bond donors (Lipinski definition) is 1. The van der Waals surface area contributed by atoms with Crippen molar-refractivity contribution in [3.05, 3.63) is 40.7 Å². The summed E-state index contributed by atoms with van der Waals surface area (Å²) >= 11 is 0. The van der Waals surface area contributed by atoms with Crippen molar-refractivity contribution in [1.82, 2.24) is 14.1 Å². The van der Waals surface area contributed by atoms with Gasteiger partial charge in [0, 0.05) is 13.1 Å². The van der Waals surface area contributed by atoms with Crippen LogP contribution in [0.4, 0.5) is 11.4 Å².